The van der Waals surface area contributed by atoms with E-state index in [-0.39, 0.29) is 5.97 Å². The molecule has 0 saturated heterocycles. The number of cyclic esters (lactones) is 1. The van der Waals surface area contributed by atoms with Crippen molar-refractivity contribution in [2.24, 2.45) is 0 Å². The number of nitrogens with zero attached hydrogens (tertiary/aromatic N) is 1. The van der Waals surface area contributed by atoms with Crippen molar-refractivity contribution in [3.63, 3.8) is 0 Å². The number of carbonyl (C=O) groups excluding carboxylic acids is 1. The largest absolute Gasteiger partial charge is 0.427 e. The third-order valence-corrected chi connectivity index (χ3v) is 3.88. The Hall–Kier alpha value is -3.08. The summed E-state index contributed by atoms with van der Waals surface area (Å²) in [5.74, 6) is 0.821. The van der Waals surface area contributed by atoms with Gasteiger partial charge in [0.2, 0.25) is 5.72 Å². The number of benzene rings is 2. The fourth-order valence-electron chi connectivity index (χ4n) is 2.88. The molecule has 2 heterocycles. The van der Waals surface area contributed by atoms with Crippen LogP contribution in [0.5, 0.6) is 0 Å². The number of anilines is 1. The van der Waals surface area contributed by atoms with Gasteiger partial charge in [0.15, 0.2) is 5.82 Å². The maximum atomic E-state index is 12.3. The first-order valence-corrected chi connectivity index (χ1v) is 7.29. The molecule has 0 spiro atoms. The Bertz CT molecular complexity index is 873. The van der Waals surface area contributed by atoms with Crippen LogP contribution in [0.1, 0.15) is 27.2 Å². The molecule has 5 heteroatoms. The Kier molecular flexibility index (Phi) is 2.94. The molecule has 1 atom stereocenters. The highest BCUT2D eigenvalue weighted by Crippen LogP contribution is 2.42. The molecule has 1 aliphatic rings. The van der Waals surface area contributed by atoms with Crippen LogP contribution >= 0.6 is 0 Å². The molecule has 23 heavy (non-hydrogen) atoms. The quantitative estimate of drug-likeness (QED) is 0.751. The molecule has 0 saturated carbocycles. The van der Waals surface area contributed by atoms with Crippen LogP contribution in [0.15, 0.2) is 65.2 Å². The van der Waals surface area contributed by atoms with Crippen LogP contribution in [-0.2, 0) is 10.5 Å². The maximum Gasteiger partial charge on any atom is 0.341 e. The van der Waals surface area contributed by atoms with Gasteiger partial charge in [0, 0.05) is 17.2 Å². The molecular weight excluding hydrogens is 292 g/mol. The van der Waals surface area contributed by atoms with Crippen molar-refractivity contribution < 1.29 is 14.1 Å². The second-order valence-corrected chi connectivity index (χ2v) is 5.43. The minimum absolute atomic E-state index is 0.364. The van der Waals surface area contributed by atoms with Crippen LogP contribution in [0.2, 0.25) is 0 Å². The van der Waals surface area contributed by atoms with Crippen molar-refractivity contribution in [3.8, 4) is 0 Å². The fraction of sp³-hybridized carbons (Fsp3) is 0.111. The smallest absolute Gasteiger partial charge is 0.341 e. The summed E-state index contributed by atoms with van der Waals surface area (Å²) in [4.78, 5) is 12.3. The molecule has 2 aromatic carbocycles. The van der Waals surface area contributed by atoms with Crippen molar-refractivity contribution in [2.75, 3.05) is 5.32 Å². The Morgan fingerprint density at radius 1 is 1.04 bits per heavy atom. The van der Waals surface area contributed by atoms with Gasteiger partial charge < -0.3 is 14.6 Å². The molecule has 0 bridgehead atoms. The first-order valence-electron chi connectivity index (χ1n) is 7.29. The van der Waals surface area contributed by atoms with Gasteiger partial charge in [0.25, 0.3) is 0 Å². The summed E-state index contributed by atoms with van der Waals surface area (Å²) in [7, 11) is 0. The predicted octanol–water partition coefficient (Wildman–Crippen LogP) is 3.47. The number of hydrogen-bond acceptors (Lipinski definition) is 5. The lowest BCUT2D eigenvalue weighted by atomic mass is 9.93. The van der Waals surface area contributed by atoms with Gasteiger partial charge in [-0.3, -0.25) is 0 Å². The lowest BCUT2D eigenvalue weighted by molar-refractivity contribution is 0.0210. The van der Waals surface area contributed by atoms with E-state index in [0.29, 0.717) is 17.1 Å². The van der Waals surface area contributed by atoms with Crippen molar-refractivity contribution in [3.05, 3.63) is 83.1 Å². The Morgan fingerprint density at radius 2 is 1.78 bits per heavy atom. The highest BCUT2D eigenvalue weighted by atomic mass is 16.6. The molecule has 0 radical (unpaired) electrons. The van der Waals surface area contributed by atoms with Gasteiger partial charge in [-0.2, -0.15) is 0 Å². The van der Waals surface area contributed by atoms with E-state index in [1.165, 1.54) is 0 Å². The van der Waals surface area contributed by atoms with Gasteiger partial charge in [0.1, 0.15) is 5.76 Å². The Balaban J connectivity index is 1.91. The number of hydrogen-bond donors (Lipinski definition) is 1. The van der Waals surface area contributed by atoms with E-state index in [1.54, 1.807) is 12.1 Å². The van der Waals surface area contributed by atoms with E-state index in [9.17, 15) is 4.79 Å². The van der Waals surface area contributed by atoms with Crippen molar-refractivity contribution in [1.29, 1.82) is 0 Å². The van der Waals surface area contributed by atoms with Crippen molar-refractivity contribution in [1.82, 2.24) is 5.16 Å². The van der Waals surface area contributed by atoms with Crippen LogP contribution in [0, 0.1) is 6.92 Å². The predicted molar refractivity (Wildman–Crippen MR) is 83.9 cm³/mol. The zero-order valence-electron chi connectivity index (χ0n) is 12.4. The number of carbonyl (C=O) groups is 1. The monoisotopic (exact) mass is 306 g/mol. The van der Waals surface area contributed by atoms with Gasteiger partial charge >= 0.3 is 5.97 Å². The SMILES string of the molecule is Cc1cc(NC2(c3ccccc3)OC(=O)c3ccccc32)no1. The molecule has 5 nitrogen and oxygen atoms in total. The number of esters is 1. The summed E-state index contributed by atoms with van der Waals surface area (Å²) in [6.45, 7) is 1.81. The van der Waals surface area contributed by atoms with E-state index in [1.807, 2.05) is 55.5 Å². The van der Waals surface area contributed by atoms with Crippen LogP contribution in [0.4, 0.5) is 5.82 Å². The molecule has 0 fully saturated rings. The fourth-order valence-corrected chi connectivity index (χ4v) is 2.88. The summed E-state index contributed by atoms with van der Waals surface area (Å²) < 4.78 is 10.9. The molecule has 1 aliphatic heterocycles. The Labute approximate surface area is 132 Å². The van der Waals surface area contributed by atoms with E-state index >= 15 is 0 Å². The van der Waals surface area contributed by atoms with Gasteiger partial charge in [-0.1, -0.05) is 53.7 Å². The average Bonchev–Trinajstić information content (AvgIpc) is 3.11. The van der Waals surface area contributed by atoms with Gasteiger partial charge in [-0.15, -0.1) is 0 Å². The molecular formula is C18H14N2O3. The van der Waals surface area contributed by atoms with Crippen LogP contribution < -0.4 is 5.32 Å². The third kappa shape index (κ3) is 2.09. The summed E-state index contributed by atoms with van der Waals surface area (Å²) in [6, 6.07) is 18.7. The third-order valence-electron chi connectivity index (χ3n) is 3.88. The minimum atomic E-state index is -1.11. The number of aromatic nitrogens is 1. The number of rotatable bonds is 3. The normalized spacial score (nSPS) is 19.3. The van der Waals surface area contributed by atoms with Crippen molar-refractivity contribution >= 4 is 11.8 Å². The number of ether oxygens (including phenoxy) is 1. The number of fused-ring (bicyclic) bond motifs is 1. The zero-order valence-corrected chi connectivity index (χ0v) is 12.4. The van der Waals surface area contributed by atoms with E-state index in [2.05, 4.69) is 10.5 Å². The van der Waals surface area contributed by atoms with Gasteiger partial charge in [0.05, 0.1) is 5.56 Å². The maximum absolute atomic E-state index is 12.3. The van der Waals surface area contributed by atoms with Crippen LogP contribution in [0.25, 0.3) is 0 Å². The van der Waals surface area contributed by atoms with E-state index in [0.717, 1.165) is 11.1 Å². The Morgan fingerprint density at radius 3 is 2.52 bits per heavy atom. The molecule has 3 aromatic rings. The van der Waals surface area contributed by atoms with Gasteiger partial charge in [-0.25, -0.2) is 4.79 Å². The van der Waals surface area contributed by atoms with Crippen LogP contribution in [0.3, 0.4) is 0 Å². The standard InChI is InChI=1S/C18H14N2O3/c1-12-11-16(20-23-12)19-18(13-7-3-2-4-8-13)15-10-6-5-9-14(15)17(21)22-18/h2-11H,1H3,(H,19,20). The molecule has 1 N–H and O–H groups in total. The summed E-state index contributed by atoms with van der Waals surface area (Å²) in [5.41, 5.74) is 1.01. The molecule has 1 aromatic heterocycles. The highest BCUT2D eigenvalue weighted by Gasteiger charge is 2.47. The van der Waals surface area contributed by atoms with Crippen molar-refractivity contribution in [2.45, 2.75) is 12.6 Å². The number of aryl methyl sites for hydroxylation is 1. The second kappa shape index (κ2) is 4.98. The summed E-state index contributed by atoms with van der Waals surface area (Å²) in [6.07, 6.45) is 0. The highest BCUT2D eigenvalue weighted by molar-refractivity contribution is 5.95. The molecule has 1 unspecified atom stereocenters. The second-order valence-electron chi connectivity index (χ2n) is 5.43. The van der Waals surface area contributed by atoms with Gasteiger partial charge in [-0.05, 0) is 13.0 Å². The lowest BCUT2D eigenvalue weighted by Crippen LogP contribution is -2.37. The topological polar surface area (TPSA) is 64.4 Å². The molecule has 114 valence electrons. The first-order chi connectivity index (χ1) is 11.2. The molecule has 0 amide bonds. The summed E-state index contributed by atoms with van der Waals surface area (Å²) >= 11 is 0. The minimum Gasteiger partial charge on any atom is -0.427 e. The average molecular weight is 306 g/mol. The molecule has 0 aliphatic carbocycles. The van der Waals surface area contributed by atoms with E-state index in [4.69, 9.17) is 9.26 Å². The lowest BCUT2D eigenvalue weighted by Gasteiger charge is -2.30. The zero-order chi connectivity index (χ0) is 15.9. The number of nitrogens with one attached hydrogen (secondary N) is 1. The van der Waals surface area contributed by atoms with Crippen LogP contribution in [-0.4, -0.2) is 11.1 Å². The first kappa shape index (κ1) is 13.6. The molecule has 4 rings (SSSR count). The summed E-state index contributed by atoms with van der Waals surface area (Å²) in [5, 5.41) is 7.20. The van der Waals surface area contributed by atoms with E-state index < -0.39 is 5.72 Å².